The molecule has 1 aliphatic heterocycles. The van der Waals surface area contributed by atoms with Crippen molar-refractivity contribution in [3.8, 4) is 11.1 Å². The summed E-state index contributed by atoms with van der Waals surface area (Å²) in [4.78, 5) is 9.94. The molecule has 1 N–H and O–H groups in total. The molecule has 1 aromatic heterocycles. The Morgan fingerprint density at radius 2 is 1.72 bits per heavy atom. The molecule has 134 valence electrons. The average molecular weight is 346 g/mol. The number of nitrogens with zero attached hydrogens (tertiary/aromatic N) is 3. The molecule has 0 spiro atoms. The van der Waals surface area contributed by atoms with E-state index in [0.717, 1.165) is 37.1 Å². The molecule has 0 aliphatic carbocycles. The molecule has 25 heavy (non-hydrogen) atoms. The van der Waals surface area contributed by atoms with Gasteiger partial charge in [0.25, 0.3) is 6.43 Å². The Kier molecular flexibility index (Phi) is 6.04. The summed E-state index contributed by atoms with van der Waals surface area (Å²) >= 11 is 0. The largest absolute Gasteiger partial charge is 0.307 e. The predicted octanol–water partition coefficient (Wildman–Crippen LogP) is 3.52. The van der Waals surface area contributed by atoms with Crippen molar-refractivity contribution in [3.63, 3.8) is 0 Å². The third-order valence-electron chi connectivity index (χ3n) is 4.77. The number of piperidine rings is 1. The number of aromatic nitrogens is 2. The lowest BCUT2D eigenvalue weighted by Gasteiger charge is -2.33. The van der Waals surface area contributed by atoms with Crippen LogP contribution >= 0.6 is 0 Å². The second kappa shape index (κ2) is 8.45. The molecule has 0 saturated carbocycles. The number of halogens is 2. The molecule has 0 amide bonds. The van der Waals surface area contributed by atoms with Gasteiger partial charge in [-0.15, -0.1) is 0 Å². The zero-order chi connectivity index (χ0) is 17.6. The van der Waals surface area contributed by atoms with Crippen molar-refractivity contribution < 1.29 is 8.78 Å². The molecular weight excluding hydrogens is 322 g/mol. The van der Waals surface area contributed by atoms with Gasteiger partial charge in [0.1, 0.15) is 6.33 Å². The lowest BCUT2D eigenvalue weighted by atomic mass is 10.00. The number of hydrogen-bond donors (Lipinski definition) is 1. The third kappa shape index (κ3) is 5.03. The molecule has 1 atom stereocenters. The molecule has 4 nitrogen and oxygen atoms in total. The molecular formula is C19H24F2N4. The van der Waals surface area contributed by atoms with E-state index in [-0.39, 0.29) is 12.6 Å². The minimum Gasteiger partial charge on any atom is -0.307 e. The zero-order valence-corrected chi connectivity index (χ0v) is 14.4. The van der Waals surface area contributed by atoms with Crippen molar-refractivity contribution in [2.45, 2.75) is 38.3 Å². The first-order chi connectivity index (χ1) is 12.1. The highest BCUT2D eigenvalue weighted by Gasteiger charge is 2.22. The number of alkyl halides is 2. The quantitative estimate of drug-likeness (QED) is 0.869. The van der Waals surface area contributed by atoms with Crippen LogP contribution < -0.4 is 5.32 Å². The van der Waals surface area contributed by atoms with Crippen LogP contribution in [0.4, 0.5) is 8.78 Å². The predicted molar refractivity (Wildman–Crippen MR) is 94.5 cm³/mol. The van der Waals surface area contributed by atoms with E-state index in [1.165, 1.54) is 11.9 Å². The van der Waals surface area contributed by atoms with Crippen molar-refractivity contribution in [3.05, 3.63) is 48.5 Å². The molecule has 2 aromatic rings. The number of benzene rings is 1. The molecule has 1 saturated heterocycles. The Bertz CT molecular complexity index is 640. The standard InChI is InChI=1S/C19H24F2N4/c1-14(24-18-6-8-25(9-7-18)12-19(20)21)15-2-4-16(5-3-15)17-10-22-13-23-11-17/h2-5,10-11,13-14,18-19,24H,6-9,12H2,1H3. The molecule has 0 bridgehead atoms. The summed E-state index contributed by atoms with van der Waals surface area (Å²) in [5.74, 6) is 0. The molecule has 6 heteroatoms. The summed E-state index contributed by atoms with van der Waals surface area (Å²) in [6.07, 6.45) is 4.72. The van der Waals surface area contributed by atoms with Gasteiger partial charge in [-0.3, -0.25) is 4.90 Å². The van der Waals surface area contributed by atoms with E-state index in [0.29, 0.717) is 6.04 Å². The molecule has 3 rings (SSSR count). The first-order valence-electron chi connectivity index (χ1n) is 8.73. The minimum atomic E-state index is -2.24. The van der Waals surface area contributed by atoms with E-state index in [1.54, 1.807) is 12.4 Å². The van der Waals surface area contributed by atoms with Crippen LogP contribution in [-0.2, 0) is 0 Å². The topological polar surface area (TPSA) is 41.0 Å². The van der Waals surface area contributed by atoms with E-state index in [2.05, 4.69) is 46.5 Å². The second-order valence-corrected chi connectivity index (χ2v) is 6.60. The van der Waals surface area contributed by atoms with Crippen LogP contribution in [0.2, 0.25) is 0 Å². The Hall–Kier alpha value is -1.92. The maximum Gasteiger partial charge on any atom is 0.251 e. The summed E-state index contributed by atoms with van der Waals surface area (Å²) in [6, 6.07) is 9.01. The van der Waals surface area contributed by atoms with E-state index < -0.39 is 6.43 Å². The SMILES string of the molecule is CC(NC1CCN(CC(F)F)CC1)c1ccc(-c2cncnc2)cc1. The van der Waals surface area contributed by atoms with Gasteiger partial charge in [0.2, 0.25) is 0 Å². The number of nitrogens with one attached hydrogen (secondary N) is 1. The van der Waals surface area contributed by atoms with E-state index in [4.69, 9.17) is 0 Å². The van der Waals surface area contributed by atoms with Crippen molar-refractivity contribution in [1.29, 1.82) is 0 Å². The Morgan fingerprint density at radius 3 is 2.32 bits per heavy atom. The molecule has 0 radical (unpaired) electrons. The van der Waals surface area contributed by atoms with Crippen molar-refractivity contribution in [1.82, 2.24) is 20.2 Å². The lowest BCUT2D eigenvalue weighted by molar-refractivity contribution is 0.0722. The highest BCUT2D eigenvalue weighted by Crippen LogP contribution is 2.22. The van der Waals surface area contributed by atoms with Gasteiger partial charge in [-0.25, -0.2) is 18.7 Å². The van der Waals surface area contributed by atoms with Gasteiger partial charge >= 0.3 is 0 Å². The van der Waals surface area contributed by atoms with Gasteiger partial charge in [-0.05, 0) is 44.0 Å². The Labute approximate surface area is 147 Å². The Morgan fingerprint density at radius 1 is 1.08 bits per heavy atom. The fraction of sp³-hybridized carbons (Fsp3) is 0.474. The average Bonchev–Trinajstić information content (AvgIpc) is 2.64. The van der Waals surface area contributed by atoms with E-state index in [9.17, 15) is 8.78 Å². The highest BCUT2D eigenvalue weighted by molar-refractivity contribution is 5.61. The fourth-order valence-corrected chi connectivity index (χ4v) is 3.34. The highest BCUT2D eigenvalue weighted by atomic mass is 19.3. The molecule has 1 aromatic carbocycles. The summed E-state index contributed by atoms with van der Waals surface area (Å²) in [6.45, 7) is 3.52. The Balaban J connectivity index is 1.53. The van der Waals surface area contributed by atoms with Crippen LogP contribution in [0.3, 0.4) is 0 Å². The first kappa shape index (κ1) is 17.9. The number of rotatable bonds is 6. The van der Waals surface area contributed by atoms with Crippen molar-refractivity contribution >= 4 is 0 Å². The third-order valence-corrected chi connectivity index (χ3v) is 4.77. The molecule has 1 unspecified atom stereocenters. The summed E-state index contributed by atoms with van der Waals surface area (Å²) in [5.41, 5.74) is 3.31. The van der Waals surface area contributed by atoms with Crippen LogP contribution in [0.15, 0.2) is 43.0 Å². The van der Waals surface area contributed by atoms with Crippen LogP contribution in [0, 0.1) is 0 Å². The summed E-state index contributed by atoms with van der Waals surface area (Å²) in [5, 5.41) is 3.63. The first-order valence-corrected chi connectivity index (χ1v) is 8.73. The minimum absolute atomic E-state index is 0.104. The molecule has 1 aliphatic rings. The van der Waals surface area contributed by atoms with Gasteiger partial charge in [-0.1, -0.05) is 24.3 Å². The normalized spacial score (nSPS) is 17.8. The fourth-order valence-electron chi connectivity index (χ4n) is 3.34. The van der Waals surface area contributed by atoms with Crippen LogP contribution in [-0.4, -0.2) is 47.0 Å². The molecule has 1 fully saturated rings. The second-order valence-electron chi connectivity index (χ2n) is 6.60. The van der Waals surface area contributed by atoms with Gasteiger partial charge in [0.05, 0.1) is 6.54 Å². The van der Waals surface area contributed by atoms with Crippen molar-refractivity contribution in [2.75, 3.05) is 19.6 Å². The number of likely N-dealkylation sites (tertiary alicyclic amines) is 1. The van der Waals surface area contributed by atoms with Crippen LogP contribution in [0.1, 0.15) is 31.4 Å². The monoisotopic (exact) mass is 346 g/mol. The van der Waals surface area contributed by atoms with Gasteiger partial charge in [0.15, 0.2) is 0 Å². The summed E-state index contributed by atoms with van der Waals surface area (Å²) < 4.78 is 24.9. The van der Waals surface area contributed by atoms with Crippen molar-refractivity contribution in [2.24, 2.45) is 0 Å². The van der Waals surface area contributed by atoms with Crippen LogP contribution in [0.5, 0.6) is 0 Å². The molecule has 2 heterocycles. The van der Waals surface area contributed by atoms with Gasteiger partial charge in [0, 0.05) is 30.0 Å². The summed E-state index contributed by atoms with van der Waals surface area (Å²) in [7, 11) is 0. The van der Waals surface area contributed by atoms with Gasteiger partial charge < -0.3 is 5.32 Å². The maximum absolute atomic E-state index is 12.4. The van der Waals surface area contributed by atoms with Crippen LogP contribution in [0.25, 0.3) is 11.1 Å². The lowest BCUT2D eigenvalue weighted by Crippen LogP contribution is -2.44. The maximum atomic E-state index is 12.4. The zero-order valence-electron chi connectivity index (χ0n) is 14.4. The van der Waals surface area contributed by atoms with E-state index in [1.807, 2.05) is 4.90 Å². The smallest absolute Gasteiger partial charge is 0.251 e. The number of hydrogen-bond acceptors (Lipinski definition) is 4. The van der Waals surface area contributed by atoms with E-state index >= 15 is 0 Å². The van der Waals surface area contributed by atoms with Gasteiger partial charge in [-0.2, -0.15) is 0 Å².